The molecule has 1 aliphatic rings. The topological polar surface area (TPSA) is 98.0 Å². The Bertz CT molecular complexity index is 948. The third-order valence-electron chi connectivity index (χ3n) is 4.89. The van der Waals surface area contributed by atoms with Crippen molar-refractivity contribution in [3.63, 3.8) is 0 Å². The Labute approximate surface area is 165 Å². The van der Waals surface area contributed by atoms with Crippen LogP contribution in [0.25, 0.3) is 0 Å². The molecule has 0 spiro atoms. The smallest absolute Gasteiger partial charge is 0.291 e. The summed E-state index contributed by atoms with van der Waals surface area (Å²) in [7, 11) is 3.39. The third-order valence-corrected chi connectivity index (χ3v) is 4.89. The lowest BCUT2D eigenvalue weighted by Gasteiger charge is -2.22. The van der Waals surface area contributed by atoms with Gasteiger partial charge in [0.1, 0.15) is 17.6 Å². The van der Waals surface area contributed by atoms with E-state index >= 15 is 0 Å². The molecule has 0 aliphatic carbocycles. The maximum atomic E-state index is 12.3. The number of hydrogen-bond acceptors (Lipinski definition) is 7. The van der Waals surface area contributed by atoms with Crippen LogP contribution in [0.5, 0.6) is 0 Å². The maximum Gasteiger partial charge on any atom is 0.291 e. The molecule has 8 heteroatoms. The van der Waals surface area contributed by atoms with E-state index in [1.54, 1.807) is 20.2 Å². The minimum Gasteiger partial charge on any atom is -0.380 e. The van der Waals surface area contributed by atoms with E-state index in [-0.39, 0.29) is 17.8 Å². The highest BCUT2D eigenvalue weighted by atomic mass is 16.2. The summed E-state index contributed by atoms with van der Waals surface area (Å²) < 4.78 is 0. The van der Waals surface area contributed by atoms with Crippen LogP contribution in [0.4, 0.5) is 11.5 Å². The van der Waals surface area contributed by atoms with Crippen LogP contribution < -0.4 is 10.2 Å². The molecule has 2 aromatic rings. The Morgan fingerprint density at radius 2 is 2.00 bits per heavy atom. The SMILES string of the molecule is Cc1cc(N[C@@H]2CCN(c3nc(C(=O)N(C)C)nc(C)c3C)C2)cc(C#N)n1. The summed E-state index contributed by atoms with van der Waals surface area (Å²) in [6.45, 7) is 7.36. The number of carbonyl (C=O) groups is 1. The Kier molecular flexibility index (Phi) is 5.45. The Morgan fingerprint density at radius 1 is 1.25 bits per heavy atom. The highest BCUT2D eigenvalue weighted by molar-refractivity contribution is 5.90. The number of aryl methyl sites for hydroxylation is 2. The Hall–Kier alpha value is -3.21. The van der Waals surface area contributed by atoms with Crippen molar-refractivity contribution in [2.45, 2.75) is 33.2 Å². The summed E-state index contributed by atoms with van der Waals surface area (Å²) in [6.07, 6.45) is 0.933. The lowest BCUT2D eigenvalue weighted by Crippen LogP contribution is -2.30. The predicted molar refractivity (Wildman–Crippen MR) is 107 cm³/mol. The zero-order valence-corrected chi connectivity index (χ0v) is 16.9. The maximum absolute atomic E-state index is 12.3. The number of nitrogens with one attached hydrogen (secondary N) is 1. The first-order valence-corrected chi connectivity index (χ1v) is 9.25. The number of nitrogens with zero attached hydrogens (tertiary/aromatic N) is 6. The molecule has 0 unspecified atom stereocenters. The number of hydrogen-bond donors (Lipinski definition) is 1. The van der Waals surface area contributed by atoms with Crippen LogP contribution in [0, 0.1) is 32.1 Å². The second-order valence-electron chi connectivity index (χ2n) is 7.35. The van der Waals surface area contributed by atoms with E-state index in [4.69, 9.17) is 5.26 Å². The van der Waals surface area contributed by atoms with Crippen molar-refractivity contribution in [2.75, 3.05) is 37.4 Å². The summed E-state index contributed by atoms with van der Waals surface area (Å²) in [5, 5.41) is 12.6. The van der Waals surface area contributed by atoms with E-state index < -0.39 is 0 Å². The zero-order chi connectivity index (χ0) is 20.4. The van der Waals surface area contributed by atoms with Crippen molar-refractivity contribution >= 4 is 17.4 Å². The van der Waals surface area contributed by atoms with Gasteiger partial charge in [-0.1, -0.05) is 0 Å². The number of nitriles is 1. The van der Waals surface area contributed by atoms with Gasteiger partial charge in [0.25, 0.3) is 5.91 Å². The van der Waals surface area contributed by atoms with Crippen LogP contribution in [0.2, 0.25) is 0 Å². The molecule has 1 aliphatic heterocycles. The highest BCUT2D eigenvalue weighted by Gasteiger charge is 2.27. The summed E-state index contributed by atoms with van der Waals surface area (Å²) in [5.74, 6) is 0.836. The van der Waals surface area contributed by atoms with Gasteiger partial charge in [0, 0.05) is 55.9 Å². The molecule has 3 rings (SSSR count). The molecule has 146 valence electrons. The van der Waals surface area contributed by atoms with E-state index in [0.29, 0.717) is 5.69 Å². The molecule has 1 atom stereocenters. The van der Waals surface area contributed by atoms with Gasteiger partial charge in [-0.2, -0.15) is 5.26 Å². The number of rotatable bonds is 4. The molecule has 1 N–H and O–H groups in total. The first-order chi connectivity index (χ1) is 13.3. The zero-order valence-electron chi connectivity index (χ0n) is 16.9. The summed E-state index contributed by atoms with van der Waals surface area (Å²) >= 11 is 0. The van der Waals surface area contributed by atoms with E-state index in [2.05, 4.69) is 31.2 Å². The second-order valence-corrected chi connectivity index (χ2v) is 7.35. The fourth-order valence-electron chi connectivity index (χ4n) is 3.33. The van der Waals surface area contributed by atoms with E-state index in [1.165, 1.54) is 4.90 Å². The second kappa shape index (κ2) is 7.80. The average molecular weight is 379 g/mol. The van der Waals surface area contributed by atoms with E-state index in [0.717, 1.165) is 48.0 Å². The van der Waals surface area contributed by atoms with Gasteiger partial charge in [-0.3, -0.25) is 4.79 Å². The Balaban J connectivity index is 1.79. The predicted octanol–water partition coefficient (Wildman–Crippen LogP) is 2.06. The molecule has 0 radical (unpaired) electrons. The minimum atomic E-state index is -0.200. The summed E-state index contributed by atoms with van der Waals surface area (Å²) in [4.78, 5) is 29.1. The largest absolute Gasteiger partial charge is 0.380 e. The van der Waals surface area contributed by atoms with Crippen molar-refractivity contribution in [3.8, 4) is 6.07 Å². The van der Waals surface area contributed by atoms with Crippen LogP contribution in [0.15, 0.2) is 12.1 Å². The minimum absolute atomic E-state index is 0.200. The first kappa shape index (κ1) is 19.5. The van der Waals surface area contributed by atoms with Gasteiger partial charge in [-0.05, 0) is 39.3 Å². The molecule has 8 nitrogen and oxygen atoms in total. The molecule has 1 fully saturated rings. The van der Waals surface area contributed by atoms with Gasteiger partial charge in [0.2, 0.25) is 5.82 Å². The fraction of sp³-hybridized carbons (Fsp3) is 0.450. The van der Waals surface area contributed by atoms with Gasteiger partial charge >= 0.3 is 0 Å². The molecule has 0 bridgehead atoms. The molecular weight excluding hydrogens is 354 g/mol. The van der Waals surface area contributed by atoms with Crippen molar-refractivity contribution in [1.29, 1.82) is 5.26 Å². The number of pyridine rings is 1. The quantitative estimate of drug-likeness (QED) is 0.868. The van der Waals surface area contributed by atoms with E-state index in [9.17, 15) is 4.79 Å². The standard InChI is InChI=1S/C20H25N7O/c1-12-8-16(9-17(10-21)22-12)24-15-6-7-27(11-15)19-13(2)14(3)23-18(25-19)20(28)26(4)5/h8-9,15H,6-7,11H2,1-5H3,(H,22,24)/t15-/m1/s1. The number of aromatic nitrogens is 3. The lowest BCUT2D eigenvalue weighted by atomic mass is 10.2. The van der Waals surface area contributed by atoms with Crippen molar-refractivity contribution in [1.82, 2.24) is 19.9 Å². The first-order valence-electron chi connectivity index (χ1n) is 9.25. The van der Waals surface area contributed by atoms with Gasteiger partial charge < -0.3 is 15.1 Å². The molecule has 0 saturated carbocycles. The number of anilines is 2. The number of amides is 1. The van der Waals surface area contributed by atoms with Gasteiger partial charge in [-0.15, -0.1) is 0 Å². The molecular formula is C20H25N7O. The summed E-state index contributed by atoms with van der Waals surface area (Å²) in [6, 6.07) is 6.02. The monoisotopic (exact) mass is 379 g/mol. The van der Waals surface area contributed by atoms with E-state index in [1.807, 2.05) is 26.8 Å². The van der Waals surface area contributed by atoms with Crippen LogP contribution in [0.1, 0.15) is 39.7 Å². The van der Waals surface area contributed by atoms with Crippen molar-refractivity contribution in [2.24, 2.45) is 0 Å². The normalized spacial score (nSPS) is 16.0. The molecule has 2 aromatic heterocycles. The third kappa shape index (κ3) is 4.03. The van der Waals surface area contributed by atoms with Crippen LogP contribution >= 0.6 is 0 Å². The highest BCUT2D eigenvalue weighted by Crippen LogP contribution is 2.26. The summed E-state index contributed by atoms with van der Waals surface area (Å²) in [5.41, 5.74) is 3.92. The molecule has 3 heterocycles. The fourth-order valence-corrected chi connectivity index (χ4v) is 3.33. The van der Waals surface area contributed by atoms with Crippen LogP contribution in [-0.2, 0) is 0 Å². The van der Waals surface area contributed by atoms with Crippen molar-refractivity contribution in [3.05, 3.63) is 40.6 Å². The molecule has 0 aromatic carbocycles. The van der Waals surface area contributed by atoms with Gasteiger partial charge in [0.05, 0.1) is 0 Å². The molecule has 1 saturated heterocycles. The molecule has 1 amide bonds. The number of carbonyl (C=O) groups excluding carboxylic acids is 1. The van der Waals surface area contributed by atoms with Crippen LogP contribution in [-0.4, -0.2) is 59.0 Å². The van der Waals surface area contributed by atoms with Gasteiger partial charge in [0.15, 0.2) is 0 Å². The average Bonchev–Trinajstić information content (AvgIpc) is 3.10. The lowest BCUT2D eigenvalue weighted by molar-refractivity contribution is 0.0815. The molecule has 28 heavy (non-hydrogen) atoms. The van der Waals surface area contributed by atoms with Crippen molar-refractivity contribution < 1.29 is 4.79 Å². The van der Waals surface area contributed by atoms with Gasteiger partial charge in [-0.25, -0.2) is 15.0 Å². The van der Waals surface area contributed by atoms with Crippen LogP contribution in [0.3, 0.4) is 0 Å². The Morgan fingerprint density at radius 3 is 2.68 bits per heavy atom.